The van der Waals surface area contributed by atoms with E-state index in [9.17, 15) is 24.3 Å². The van der Waals surface area contributed by atoms with Gasteiger partial charge in [0.25, 0.3) is 11.8 Å². The van der Waals surface area contributed by atoms with Crippen LogP contribution in [0, 0.1) is 6.92 Å². The molecule has 1 aliphatic rings. The van der Waals surface area contributed by atoms with Crippen molar-refractivity contribution in [1.29, 1.82) is 0 Å². The Morgan fingerprint density at radius 2 is 1.78 bits per heavy atom. The van der Waals surface area contributed by atoms with Gasteiger partial charge in [-0.25, -0.2) is 9.69 Å². The van der Waals surface area contributed by atoms with Crippen LogP contribution in [-0.4, -0.2) is 23.8 Å². The Morgan fingerprint density at radius 3 is 2.37 bits per heavy atom. The first kappa shape index (κ1) is 18.5. The van der Waals surface area contributed by atoms with E-state index in [0.717, 1.165) is 14.9 Å². The lowest BCUT2D eigenvalue weighted by Gasteiger charge is -2.26. The van der Waals surface area contributed by atoms with E-state index >= 15 is 0 Å². The third-order valence-corrected chi connectivity index (χ3v) is 4.85. The second-order valence-electron chi connectivity index (χ2n) is 5.80. The number of aryl methyl sites for hydroxylation is 1. The quantitative estimate of drug-likeness (QED) is 0.593. The predicted octanol–water partition coefficient (Wildman–Crippen LogP) is 1.79. The van der Waals surface area contributed by atoms with Gasteiger partial charge in [-0.2, -0.15) is 0 Å². The fourth-order valence-corrected chi connectivity index (χ4v) is 2.79. The van der Waals surface area contributed by atoms with Crippen LogP contribution < -0.4 is 15.3 Å². The Kier molecular flexibility index (Phi) is 4.91. The molecule has 0 atom stereocenters. The second-order valence-corrected chi connectivity index (χ2v) is 6.66. The molecule has 3 rings (SSSR count). The SMILES string of the molecule is Cc1cc(N2C(=O)NC(=O)/C(=C\c3ccc(C(=O)[O-])cc3)C2=O)ccc1Br. The van der Waals surface area contributed by atoms with Gasteiger partial charge in [-0.15, -0.1) is 0 Å². The van der Waals surface area contributed by atoms with Crippen LogP contribution in [0.25, 0.3) is 6.08 Å². The number of carboxylic acid groups (broad SMARTS) is 1. The first-order chi connectivity index (χ1) is 12.8. The highest BCUT2D eigenvalue weighted by molar-refractivity contribution is 9.10. The van der Waals surface area contributed by atoms with Crippen LogP contribution in [-0.2, 0) is 9.59 Å². The van der Waals surface area contributed by atoms with Crippen molar-refractivity contribution in [2.45, 2.75) is 6.92 Å². The number of hydrogen-bond donors (Lipinski definition) is 1. The molecular weight excluding hydrogens is 416 g/mol. The van der Waals surface area contributed by atoms with Crippen LogP contribution in [0.1, 0.15) is 21.5 Å². The molecule has 0 aliphatic carbocycles. The average Bonchev–Trinajstić information content (AvgIpc) is 2.62. The van der Waals surface area contributed by atoms with Gasteiger partial charge < -0.3 is 9.90 Å². The molecule has 1 heterocycles. The highest BCUT2D eigenvalue weighted by Crippen LogP contribution is 2.26. The maximum atomic E-state index is 12.8. The number of amides is 4. The number of carboxylic acids is 1. The van der Waals surface area contributed by atoms with Gasteiger partial charge in [0.2, 0.25) is 0 Å². The van der Waals surface area contributed by atoms with Gasteiger partial charge in [-0.1, -0.05) is 40.2 Å². The first-order valence-electron chi connectivity index (χ1n) is 7.77. The summed E-state index contributed by atoms with van der Waals surface area (Å²) < 4.78 is 0.816. The van der Waals surface area contributed by atoms with Crippen molar-refractivity contribution in [2.24, 2.45) is 0 Å². The number of nitrogens with zero attached hydrogens (tertiary/aromatic N) is 1. The molecular formula is C19H12BrN2O5-. The van der Waals surface area contributed by atoms with Crippen molar-refractivity contribution >= 4 is 51.5 Å². The Bertz CT molecular complexity index is 1010. The van der Waals surface area contributed by atoms with E-state index in [0.29, 0.717) is 11.3 Å². The van der Waals surface area contributed by atoms with Gasteiger partial charge >= 0.3 is 6.03 Å². The Balaban J connectivity index is 1.99. The number of benzene rings is 2. The Hall–Kier alpha value is -3.26. The van der Waals surface area contributed by atoms with Crippen LogP contribution in [0.5, 0.6) is 0 Å². The standard InChI is InChI=1S/C19H13BrN2O5/c1-10-8-13(6-7-15(10)20)22-17(24)14(16(23)21-19(22)27)9-11-2-4-12(5-3-11)18(25)26/h2-9H,1H3,(H,25,26)(H,21,23,27)/p-1/b14-9+. The maximum Gasteiger partial charge on any atom is 0.335 e. The van der Waals surface area contributed by atoms with Crippen LogP contribution in [0.3, 0.4) is 0 Å². The number of anilines is 1. The monoisotopic (exact) mass is 427 g/mol. The van der Waals surface area contributed by atoms with E-state index in [4.69, 9.17) is 0 Å². The molecule has 0 spiro atoms. The topological polar surface area (TPSA) is 107 Å². The summed E-state index contributed by atoms with van der Waals surface area (Å²) in [5.41, 5.74) is 1.30. The maximum absolute atomic E-state index is 12.8. The van der Waals surface area contributed by atoms with Crippen molar-refractivity contribution in [3.8, 4) is 0 Å². The summed E-state index contributed by atoms with van der Waals surface area (Å²) in [6.07, 6.45) is 1.29. The lowest BCUT2D eigenvalue weighted by molar-refractivity contribution is -0.255. The normalized spacial score (nSPS) is 15.9. The molecule has 27 heavy (non-hydrogen) atoms. The number of imide groups is 2. The molecule has 0 bridgehead atoms. The molecule has 0 radical (unpaired) electrons. The van der Waals surface area contributed by atoms with Crippen molar-refractivity contribution < 1.29 is 24.3 Å². The molecule has 1 N–H and O–H groups in total. The number of barbiturate groups is 1. The zero-order valence-electron chi connectivity index (χ0n) is 14.0. The summed E-state index contributed by atoms with van der Waals surface area (Å²) in [5, 5.41) is 12.9. The Labute approximate surface area is 162 Å². The van der Waals surface area contributed by atoms with E-state index in [2.05, 4.69) is 21.2 Å². The van der Waals surface area contributed by atoms with E-state index in [1.54, 1.807) is 25.1 Å². The van der Waals surface area contributed by atoms with E-state index in [-0.39, 0.29) is 11.1 Å². The van der Waals surface area contributed by atoms with E-state index < -0.39 is 23.8 Å². The molecule has 0 unspecified atom stereocenters. The third-order valence-electron chi connectivity index (χ3n) is 3.96. The fourth-order valence-electron chi connectivity index (χ4n) is 2.54. The minimum Gasteiger partial charge on any atom is -0.545 e. The van der Waals surface area contributed by atoms with Crippen LogP contribution in [0.4, 0.5) is 10.5 Å². The number of rotatable bonds is 3. The molecule has 2 aromatic rings. The zero-order valence-corrected chi connectivity index (χ0v) is 15.6. The number of nitrogens with one attached hydrogen (secondary N) is 1. The van der Waals surface area contributed by atoms with Crippen LogP contribution >= 0.6 is 15.9 Å². The molecule has 1 saturated heterocycles. The second kappa shape index (κ2) is 7.16. The molecule has 1 fully saturated rings. The van der Waals surface area contributed by atoms with E-state index in [1.165, 1.54) is 30.3 Å². The summed E-state index contributed by atoms with van der Waals surface area (Å²) in [5.74, 6) is -2.92. The number of halogens is 1. The summed E-state index contributed by atoms with van der Waals surface area (Å²) in [4.78, 5) is 48.8. The lowest BCUT2D eigenvalue weighted by Crippen LogP contribution is -2.54. The molecule has 0 aromatic heterocycles. The minimum atomic E-state index is -1.33. The zero-order chi connectivity index (χ0) is 19.7. The molecule has 0 saturated carbocycles. The molecule has 4 amide bonds. The molecule has 1 aliphatic heterocycles. The lowest BCUT2D eigenvalue weighted by atomic mass is 10.1. The highest BCUT2D eigenvalue weighted by atomic mass is 79.9. The smallest absolute Gasteiger partial charge is 0.335 e. The molecule has 2 aromatic carbocycles. The number of carbonyl (C=O) groups excluding carboxylic acids is 4. The number of aromatic carboxylic acids is 1. The summed E-state index contributed by atoms with van der Waals surface area (Å²) in [7, 11) is 0. The van der Waals surface area contributed by atoms with Crippen molar-refractivity contribution in [1.82, 2.24) is 5.32 Å². The van der Waals surface area contributed by atoms with Gasteiger partial charge in [-0.05, 0) is 47.9 Å². The number of hydrogen-bond acceptors (Lipinski definition) is 5. The van der Waals surface area contributed by atoms with Crippen molar-refractivity contribution in [3.63, 3.8) is 0 Å². The van der Waals surface area contributed by atoms with Gasteiger partial charge in [-0.3, -0.25) is 14.9 Å². The molecule has 136 valence electrons. The van der Waals surface area contributed by atoms with Crippen molar-refractivity contribution in [2.75, 3.05) is 4.90 Å². The first-order valence-corrected chi connectivity index (χ1v) is 8.56. The van der Waals surface area contributed by atoms with Gasteiger partial charge in [0, 0.05) is 4.47 Å². The van der Waals surface area contributed by atoms with Gasteiger partial charge in [0.1, 0.15) is 5.57 Å². The summed E-state index contributed by atoms with van der Waals surface area (Å²) in [6.45, 7) is 1.81. The molecule has 8 heteroatoms. The number of urea groups is 1. The third kappa shape index (κ3) is 3.65. The molecule has 7 nitrogen and oxygen atoms in total. The summed E-state index contributed by atoms with van der Waals surface area (Å²) in [6, 6.07) is 9.55. The largest absolute Gasteiger partial charge is 0.545 e. The van der Waals surface area contributed by atoms with E-state index in [1.807, 2.05) is 0 Å². The van der Waals surface area contributed by atoms with Crippen LogP contribution in [0.2, 0.25) is 0 Å². The highest BCUT2D eigenvalue weighted by Gasteiger charge is 2.36. The number of carbonyl (C=O) groups is 4. The fraction of sp³-hybridized carbons (Fsp3) is 0.0526. The van der Waals surface area contributed by atoms with Crippen molar-refractivity contribution in [3.05, 3.63) is 69.2 Å². The predicted molar refractivity (Wildman–Crippen MR) is 98.7 cm³/mol. The summed E-state index contributed by atoms with van der Waals surface area (Å²) >= 11 is 3.35. The average molecular weight is 428 g/mol. The Morgan fingerprint density at radius 1 is 1.11 bits per heavy atom. The van der Waals surface area contributed by atoms with Crippen LogP contribution in [0.15, 0.2) is 52.5 Å². The van der Waals surface area contributed by atoms with Gasteiger partial charge in [0.05, 0.1) is 11.7 Å². The minimum absolute atomic E-state index is 0.0290. The van der Waals surface area contributed by atoms with Gasteiger partial charge in [0.15, 0.2) is 0 Å².